The van der Waals surface area contributed by atoms with Crippen LogP contribution < -0.4 is 4.74 Å². The molecule has 1 saturated heterocycles. The number of carbonyl (C=O) groups is 2. The van der Waals surface area contributed by atoms with E-state index >= 15 is 0 Å². The molecule has 1 aliphatic heterocycles. The molecule has 2 amide bonds. The molecule has 1 aliphatic rings. The predicted octanol–water partition coefficient (Wildman–Crippen LogP) is 6.50. The summed E-state index contributed by atoms with van der Waals surface area (Å²) in [4.78, 5) is 29.7. The summed E-state index contributed by atoms with van der Waals surface area (Å²) in [7, 11) is 1.64. The maximum Gasteiger partial charge on any atom is 0.254 e. The van der Waals surface area contributed by atoms with Gasteiger partial charge in [0.2, 0.25) is 5.91 Å². The number of nitrogens with zero attached hydrogens (tertiary/aromatic N) is 5. The lowest BCUT2D eigenvalue weighted by atomic mass is 10.1. The van der Waals surface area contributed by atoms with Gasteiger partial charge in [0.1, 0.15) is 5.75 Å². The predicted molar refractivity (Wildman–Crippen MR) is 167 cm³/mol. The van der Waals surface area contributed by atoms with Crippen molar-refractivity contribution in [3.63, 3.8) is 0 Å². The lowest BCUT2D eigenvalue weighted by Crippen LogP contribution is -2.55. The fraction of sp³-hybridized carbons (Fsp3) is 0.290. The average Bonchev–Trinajstić information content (AvgIpc) is 3.44. The van der Waals surface area contributed by atoms with Crippen molar-refractivity contribution in [2.45, 2.75) is 31.0 Å². The molecule has 0 spiro atoms. The molecule has 42 heavy (non-hydrogen) atoms. The van der Waals surface area contributed by atoms with Gasteiger partial charge in [0, 0.05) is 54.7 Å². The molecule has 8 nitrogen and oxygen atoms in total. The van der Waals surface area contributed by atoms with E-state index in [9.17, 15) is 9.59 Å². The zero-order chi connectivity index (χ0) is 29.6. The Morgan fingerprint density at radius 1 is 0.976 bits per heavy atom. The number of amides is 2. The van der Waals surface area contributed by atoms with E-state index < -0.39 is 0 Å². The second-order valence-electron chi connectivity index (χ2n) is 9.97. The molecular formula is C31H31Cl2N5O3S. The smallest absolute Gasteiger partial charge is 0.254 e. The summed E-state index contributed by atoms with van der Waals surface area (Å²) in [6, 6.07) is 22.5. The molecule has 218 valence electrons. The molecule has 2 heterocycles. The lowest BCUT2D eigenvalue weighted by Gasteiger charge is -2.40. The number of ether oxygens (including phenoxy) is 1. The topological polar surface area (TPSA) is 80.6 Å². The van der Waals surface area contributed by atoms with Gasteiger partial charge in [-0.2, -0.15) is 0 Å². The zero-order valence-corrected chi connectivity index (χ0v) is 25.7. The van der Waals surface area contributed by atoms with E-state index in [1.54, 1.807) is 42.0 Å². The van der Waals surface area contributed by atoms with Crippen LogP contribution in [0.5, 0.6) is 5.75 Å². The minimum absolute atomic E-state index is 0.0886. The molecule has 11 heteroatoms. The summed E-state index contributed by atoms with van der Waals surface area (Å²) < 4.78 is 7.36. The number of benzene rings is 3. The summed E-state index contributed by atoms with van der Waals surface area (Å²) in [6.45, 7) is 3.41. The van der Waals surface area contributed by atoms with Crippen molar-refractivity contribution in [2.24, 2.45) is 0 Å². The monoisotopic (exact) mass is 623 g/mol. The Balaban J connectivity index is 1.18. The van der Waals surface area contributed by atoms with Gasteiger partial charge in [0.25, 0.3) is 5.91 Å². The highest BCUT2D eigenvalue weighted by Gasteiger charge is 2.30. The van der Waals surface area contributed by atoms with Crippen LogP contribution in [0, 0.1) is 0 Å². The third-order valence-electron chi connectivity index (χ3n) is 7.17. The van der Waals surface area contributed by atoms with E-state index in [4.69, 9.17) is 27.9 Å². The molecule has 0 N–H and O–H groups in total. The van der Waals surface area contributed by atoms with E-state index in [1.807, 2.05) is 71.0 Å². The summed E-state index contributed by atoms with van der Waals surface area (Å²) in [5.74, 6) is 2.21. The molecular weight excluding hydrogens is 593 g/mol. The van der Waals surface area contributed by atoms with Gasteiger partial charge in [-0.25, -0.2) is 0 Å². The molecule has 1 fully saturated rings. The molecule has 0 radical (unpaired) electrons. The number of hydrogen-bond acceptors (Lipinski definition) is 6. The number of carbonyl (C=O) groups excluding carboxylic acids is 2. The van der Waals surface area contributed by atoms with Crippen molar-refractivity contribution in [1.29, 1.82) is 0 Å². The maximum atomic E-state index is 13.1. The van der Waals surface area contributed by atoms with Gasteiger partial charge >= 0.3 is 0 Å². The van der Waals surface area contributed by atoms with Crippen LogP contribution in [0.25, 0.3) is 17.1 Å². The van der Waals surface area contributed by atoms with Crippen molar-refractivity contribution in [1.82, 2.24) is 24.6 Å². The number of thioether (sulfide) groups is 1. The van der Waals surface area contributed by atoms with Crippen LogP contribution in [0.1, 0.15) is 30.1 Å². The van der Waals surface area contributed by atoms with E-state index in [0.29, 0.717) is 53.8 Å². The Morgan fingerprint density at radius 2 is 1.74 bits per heavy atom. The molecule has 1 unspecified atom stereocenters. The molecule has 1 aromatic heterocycles. The Morgan fingerprint density at radius 3 is 2.43 bits per heavy atom. The van der Waals surface area contributed by atoms with Gasteiger partial charge in [-0.05, 0) is 55.8 Å². The fourth-order valence-corrected chi connectivity index (χ4v) is 6.12. The zero-order valence-electron chi connectivity index (χ0n) is 23.4. The number of rotatable bonds is 9. The van der Waals surface area contributed by atoms with Crippen LogP contribution in [0.4, 0.5) is 0 Å². The summed E-state index contributed by atoms with van der Waals surface area (Å²) in [5.41, 5.74) is 2.39. The summed E-state index contributed by atoms with van der Waals surface area (Å²) in [5, 5.41) is 10.5. The van der Waals surface area contributed by atoms with Gasteiger partial charge in [0.05, 0.1) is 17.2 Å². The van der Waals surface area contributed by atoms with Crippen molar-refractivity contribution >= 4 is 46.8 Å². The van der Waals surface area contributed by atoms with Crippen molar-refractivity contribution in [3.05, 3.63) is 88.4 Å². The van der Waals surface area contributed by atoms with E-state index in [1.165, 1.54) is 0 Å². The quantitative estimate of drug-likeness (QED) is 0.156. The molecule has 0 saturated carbocycles. The molecule has 3 aromatic carbocycles. The first-order valence-electron chi connectivity index (χ1n) is 13.7. The lowest BCUT2D eigenvalue weighted by molar-refractivity contribution is -0.133. The molecule has 5 rings (SSSR count). The first-order chi connectivity index (χ1) is 20.4. The number of hydrogen-bond donors (Lipinski definition) is 0. The highest BCUT2D eigenvalue weighted by Crippen LogP contribution is 2.30. The molecule has 1 atom stereocenters. The Bertz CT molecular complexity index is 1550. The van der Waals surface area contributed by atoms with Crippen LogP contribution >= 0.6 is 35.0 Å². The van der Waals surface area contributed by atoms with Gasteiger partial charge < -0.3 is 14.5 Å². The number of aromatic nitrogens is 3. The van der Waals surface area contributed by atoms with Gasteiger partial charge in [-0.1, -0.05) is 65.3 Å². The normalized spacial score (nSPS) is 15.1. The highest BCUT2D eigenvalue weighted by atomic mass is 35.5. The number of piperazine rings is 1. The minimum Gasteiger partial charge on any atom is -0.497 e. The Labute approximate surface area is 259 Å². The second-order valence-corrected chi connectivity index (χ2v) is 11.9. The van der Waals surface area contributed by atoms with Crippen LogP contribution in [-0.4, -0.2) is 74.9 Å². The van der Waals surface area contributed by atoms with Gasteiger partial charge in [-0.15, -0.1) is 10.2 Å². The van der Waals surface area contributed by atoms with Crippen LogP contribution in [0.3, 0.4) is 0 Å². The number of methoxy groups -OCH3 is 1. The SMILES string of the molecule is COc1ccc(-n2c(SCCCC(=O)N3CCN(C(=O)c4ccc(Cl)c(Cl)c4)C(C)C3)nnc2-c2ccccc2)cc1. The third-order valence-corrected chi connectivity index (χ3v) is 8.92. The highest BCUT2D eigenvalue weighted by molar-refractivity contribution is 7.99. The first-order valence-corrected chi connectivity index (χ1v) is 15.4. The molecule has 0 aliphatic carbocycles. The molecule has 4 aromatic rings. The van der Waals surface area contributed by atoms with Crippen LogP contribution in [0.2, 0.25) is 10.0 Å². The van der Waals surface area contributed by atoms with Gasteiger partial charge in [0.15, 0.2) is 11.0 Å². The summed E-state index contributed by atoms with van der Waals surface area (Å²) in [6.07, 6.45) is 1.11. The van der Waals surface area contributed by atoms with Crippen molar-refractivity contribution < 1.29 is 14.3 Å². The minimum atomic E-state index is -0.113. The number of halogens is 2. The Hall–Kier alpha value is -3.53. The first kappa shape index (κ1) is 29.9. The second kappa shape index (κ2) is 13.6. The standard InChI is InChI=1S/C31H31Cl2N5O3S/c1-21-20-36(16-17-37(21)30(40)23-10-15-26(32)27(33)19-23)28(39)9-6-18-42-31-35-34-29(22-7-4-3-5-8-22)38(31)24-11-13-25(41-2)14-12-24/h3-5,7-8,10-15,19,21H,6,9,16-18,20H2,1-2H3. The fourth-order valence-electron chi connectivity index (χ4n) is 4.93. The van der Waals surface area contributed by atoms with E-state index in [0.717, 1.165) is 28.0 Å². The van der Waals surface area contributed by atoms with Crippen molar-refractivity contribution in [2.75, 3.05) is 32.5 Å². The van der Waals surface area contributed by atoms with Crippen molar-refractivity contribution in [3.8, 4) is 22.8 Å². The van der Waals surface area contributed by atoms with E-state index in [-0.39, 0.29) is 17.9 Å². The third kappa shape index (κ3) is 6.75. The van der Waals surface area contributed by atoms with E-state index in [2.05, 4.69) is 10.2 Å². The average molecular weight is 625 g/mol. The maximum absolute atomic E-state index is 13.1. The van der Waals surface area contributed by atoms with Crippen LogP contribution in [-0.2, 0) is 4.79 Å². The molecule has 0 bridgehead atoms. The summed E-state index contributed by atoms with van der Waals surface area (Å²) >= 11 is 13.7. The Kier molecular flexibility index (Phi) is 9.72. The van der Waals surface area contributed by atoms with Crippen LogP contribution in [0.15, 0.2) is 78.0 Å². The van der Waals surface area contributed by atoms with Gasteiger partial charge in [-0.3, -0.25) is 14.2 Å². The largest absolute Gasteiger partial charge is 0.497 e.